The van der Waals surface area contributed by atoms with Crippen molar-refractivity contribution < 1.29 is 4.74 Å². The molecule has 2 saturated heterocycles. The molecule has 4 nitrogen and oxygen atoms in total. The molecule has 2 fully saturated rings. The average Bonchev–Trinajstić information content (AvgIpc) is 2.61. The molecule has 0 amide bonds. The Bertz CT molecular complexity index is 479. The number of hydrogen-bond donors (Lipinski definition) is 0. The molecule has 0 radical (unpaired) electrons. The summed E-state index contributed by atoms with van der Waals surface area (Å²) in [5.41, 5.74) is 1.26. The monoisotopic (exact) mass is 317 g/mol. The standard InChI is InChI=1S/C19H31N3O/c1-17(21-10-6-3-7-11-21)16-23-19-9-5-4-8-18(19)22-14-12-20(2)13-15-22/h4-5,8-9,17H,3,6-7,10-16H2,1-2H3/t17-/m1/s1. The van der Waals surface area contributed by atoms with Crippen molar-refractivity contribution in [3.8, 4) is 5.75 Å². The largest absolute Gasteiger partial charge is 0.490 e. The number of rotatable bonds is 5. The van der Waals surface area contributed by atoms with E-state index >= 15 is 0 Å². The van der Waals surface area contributed by atoms with E-state index in [4.69, 9.17) is 4.74 Å². The molecular weight excluding hydrogens is 286 g/mol. The number of nitrogens with zero attached hydrogens (tertiary/aromatic N) is 3. The van der Waals surface area contributed by atoms with Gasteiger partial charge in [-0.25, -0.2) is 0 Å². The van der Waals surface area contributed by atoms with Gasteiger partial charge in [0.1, 0.15) is 12.4 Å². The summed E-state index contributed by atoms with van der Waals surface area (Å²) in [6.07, 6.45) is 4.06. The quantitative estimate of drug-likeness (QED) is 0.831. The maximum atomic E-state index is 6.24. The van der Waals surface area contributed by atoms with Gasteiger partial charge in [0.05, 0.1) is 5.69 Å². The van der Waals surface area contributed by atoms with Crippen molar-refractivity contribution in [3.05, 3.63) is 24.3 Å². The van der Waals surface area contributed by atoms with Gasteiger partial charge < -0.3 is 14.5 Å². The molecule has 0 aromatic heterocycles. The molecule has 0 unspecified atom stereocenters. The van der Waals surface area contributed by atoms with E-state index in [2.05, 4.69) is 52.9 Å². The van der Waals surface area contributed by atoms with Gasteiger partial charge in [0.2, 0.25) is 0 Å². The summed E-state index contributed by atoms with van der Waals surface area (Å²) in [5, 5.41) is 0. The summed E-state index contributed by atoms with van der Waals surface area (Å²) < 4.78 is 6.24. The second kappa shape index (κ2) is 8.02. The number of ether oxygens (including phenoxy) is 1. The third-order valence-corrected chi connectivity index (χ3v) is 5.20. The maximum Gasteiger partial charge on any atom is 0.142 e. The van der Waals surface area contributed by atoms with Crippen LogP contribution in [0.15, 0.2) is 24.3 Å². The molecule has 1 aromatic rings. The van der Waals surface area contributed by atoms with Gasteiger partial charge >= 0.3 is 0 Å². The van der Waals surface area contributed by atoms with Crippen molar-refractivity contribution in [2.45, 2.75) is 32.2 Å². The molecule has 0 saturated carbocycles. The van der Waals surface area contributed by atoms with Crippen LogP contribution in [-0.2, 0) is 0 Å². The predicted octanol–water partition coefficient (Wildman–Crippen LogP) is 2.69. The fraction of sp³-hybridized carbons (Fsp3) is 0.684. The van der Waals surface area contributed by atoms with E-state index in [1.807, 2.05) is 0 Å². The maximum absolute atomic E-state index is 6.24. The van der Waals surface area contributed by atoms with E-state index in [9.17, 15) is 0 Å². The highest BCUT2D eigenvalue weighted by atomic mass is 16.5. The van der Waals surface area contributed by atoms with Crippen LogP contribution in [0.5, 0.6) is 5.75 Å². The number of likely N-dealkylation sites (tertiary alicyclic amines) is 1. The van der Waals surface area contributed by atoms with Crippen molar-refractivity contribution in [3.63, 3.8) is 0 Å². The molecule has 1 atom stereocenters. The van der Waals surface area contributed by atoms with Crippen LogP contribution in [0.4, 0.5) is 5.69 Å². The normalized spacial score (nSPS) is 22.1. The Morgan fingerprint density at radius 2 is 1.65 bits per heavy atom. The molecule has 3 rings (SSSR count). The minimum absolute atomic E-state index is 0.496. The number of para-hydroxylation sites is 2. The summed E-state index contributed by atoms with van der Waals surface area (Å²) in [4.78, 5) is 7.42. The Morgan fingerprint density at radius 1 is 0.957 bits per heavy atom. The minimum Gasteiger partial charge on any atom is -0.490 e. The van der Waals surface area contributed by atoms with Crippen molar-refractivity contribution in [1.29, 1.82) is 0 Å². The summed E-state index contributed by atoms with van der Waals surface area (Å²) in [5.74, 6) is 1.04. The fourth-order valence-corrected chi connectivity index (χ4v) is 3.56. The van der Waals surface area contributed by atoms with Crippen LogP contribution >= 0.6 is 0 Å². The number of hydrogen-bond acceptors (Lipinski definition) is 4. The Hall–Kier alpha value is -1.26. The zero-order valence-electron chi connectivity index (χ0n) is 14.7. The van der Waals surface area contributed by atoms with Gasteiger partial charge in [-0.2, -0.15) is 0 Å². The van der Waals surface area contributed by atoms with Gasteiger partial charge in [-0.3, -0.25) is 4.90 Å². The predicted molar refractivity (Wildman–Crippen MR) is 96.5 cm³/mol. The van der Waals surface area contributed by atoms with Crippen molar-refractivity contribution >= 4 is 5.69 Å². The average molecular weight is 317 g/mol. The number of benzene rings is 1. The molecule has 0 spiro atoms. The third-order valence-electron chi connectivity index (χ3n) is 5.20. The van der Waals surface area contributed by atoms with Gasteiger partial charge in [0.25, 0.3) is 0 Å². The van der Waals surface area contributed by atoms with Crippen LogP contribution in [-0.4, -0.2) is 68.8 Å². The molecular formula is C19H31N3O. The highest BCUT2D eigenvalue weighted by Crippen LogP contribution is 2.29. The van der Waals surface area contributed by atoms with Crippen LogP contribution in [0, 0.1) is 0 Å². The molecule has 0 N–H and O–H groups in total. The van der Waals surface area contributed by atoms with E-state index in [-0.39, 0.29) is 0 Å². The topological polar surface area (TPSA) is 19.0 Å². The Morgan fingerprint density at radius 3 is 2.39 bits per heavy atom. The summed E-state index contributed by atoms with van der Waals surface area (Å²) >= 11 is 0. The van der Waals surface area contributed by atoms with E-state index in [0.717, 1.165) is 38.5 Å². The van der Waals surface area contributed by atoms with Crippen LogP contribution < -0.4 is 9.64 Å². The molecule has 4 heteroatoms. The Balaban J connectivity index is 1.59. The van der Waals surface area contributed by atoms with E-state index in [0.29, 0.717) is 6.04 Å². The zero-order chi connectivity index (χ0) is 16.1. The molecule has 128 valence electrons. The van der Waals surface area contributed by atoms with Crippen LogP contribution in [0.25, 0.3) is 0 Å². The highest BCUT2D eigenvalue weighted by Gasteiger charge is 2.20. The number of piperidine rings is 1. The molecule has 0 aliphatic carbocycles. The first-order chi connectivity index (χ1) is 11.2. The molecule has 0 bridgehead atoms. The van der Waals surface area contributed by atoms with E-state index in [1.54, 1.807) is 0 Å². The number of likely N-dealkylation sites (N-methyl/N-ethyl adjacent to an activating group) is 1. The molecule has 2 heterocycles. The SMILES string of the molecule is C[C@H](COc1ccccc1N1CCN(C)CC1)N1CCCCC1. The lowest BCUT2D eigenvalue weighted by molar-refractivity contribution is 0.125. The lowest BCUT2D eigenvalue weighted by Crippen LogP contribution is -2.44. The lowest BCUT2D eigenvalue weighted by atomic mass is 10.1. The smallest absolute Gasteiger partial charge is 0.142 e. The summed E-state index contributed by atoms with van der Waals surface area (Å²) in [6.45, 7) is 9.94. The van der Waals surface area contributed by atoms with Crippen molar-refractivity contribution in [2.24, 2.45) is 0 Å². The fourth-order valence-electron chi connectivity index (χ4n) is 3.56. The molecule has 2 aliphatic rings. The Kier molecular flexibility index (Phi) is 5.79. The molecule has 2 aliphatic heterocycles. The van der Waals surface area contributed by atoms with Crippen molar-refractivity contribution in [1.82, 2.24) is 9.80 Å². The first-order valence-corrected chi connectivity index (χ1v) is 9.13. The molecule has 23 heavy (non-hydrogen) atoms. The molecule has 1 aromatic carbocycles. The van der Waals surface area contributed by atoms with Gasteiger partial charge in [-0.05, 0) is 52.0 Å². The number of piperazine rings is 1. The van der Waals surface area contributed by atoms with E-state index in [1.165, 1.54) is 38.0 Å². The first-order valence-electron chi connectivity index (χ1n) is 9.13. The van der Waals surface area contributed by atoms with E-state index < -0.39 is 0 Å². The Labute approximate surface area is 141 Å². The minimum atomic E-state index is 0.496. The van der Waals surface area contributed by atoms with Gasteiger partial charge in [0.15, 0.2) is 0 Å². The summed E-state index contributed by atoms with van der Waals surface area (Å²) in [6, 6.07) is 9.02. The second-order valence-electron chi connectivity index (χ2n) is 7.01. The van der Waals surface area contributed by atoms with Gasteiger partial charge in [-0.15, -0.1) is 0 Å². The second-order valence-corrected chi connectivity index (χ2v) is 7.01. The first kappa shape index (κ1) is 16.6. The summed E-state index contributed by atoms with van der Waals surface area (Å²) in [7, 11) is 2.19. The highest BCUT2D eigenvalue weighted by molar-refractivity contribution is 5.58. The lowest BCUT2D eigenvalue weighted by Gasteiger charge is -2.35. The van der Waals surface area contributed by atoms with Crippen LogP contribution in [0.1, 0.15) is 26.2 Å². The van der Waals surface area contributed by atoms with Crippen LogP contribution in [0.2, 0.25) is 0 Å². The van der Waals surface area contributed by atoms with Crippen molar-refractivity contribution in [2.75, 3.05) is 57.8 Å². The number of anilines is 1. The van der Waals surface area contributed by atoms with Gasteiger partial charge in [-0.1, -0.05) is 18.6 Å². The van der Waals surface area contributed by atoms with Crippen LogP contribution in [0.3, 0.4) is 0 Å². The third kappa shape index (κ3) is 4.39. The zero-order valence-corrected chi connectivity index (χ0v) is 14.7. The van der Waals surface area contributed by atoms with Gasteiger partial charge in [0, 0.05) is 32.2 Å².